The standard InChI is InChI=1S/C12H17FN2O/c1-12(2,3)15-11(16)8-6-5-7-9(13)10(8)14-4/h5-7,14H,1-4H3,(H,15,16). The highest BCUT2D eigenvalue weighted by atomic mass is 19.1. The van der Waals surface area contributed by atoms with Gasteiger partial charge in [0.25, 0.3) is 5.91 Å². The molecule has 1 amide bonds. The zero-order chi connectivity index (χ0) is 12.3. The van der Waals surface area contributed by atoms with Crippen LogP contribution in [0.3, 0.4) is 0 Å². The molecule has 3 nitrogen and oxygen atoms in total. The Hall–Kier alpha value is -1.58. The average molecular weight is 224 g/mol. The number of halogens is 1. The van der Waals surface area contributed by atoms with E-state index in [0.29, 0.717) is 5.56 Å². The Kier molecular flexibility index (Phi) is 3.52. The van der Waals surface area contributed by atoms with E-state index in [4.69, 9.17) is 0 Å². The van der Waals surface area contributed by atoms with E-state index in [1.165, 1.54) is 12.1 Å². The van der Waals surface area contributed by atoms with Gasteiger partial charge in [0.2, 0.25) is 0 Å². The summed E-state index contributed by atoms with van der Waals surface area (Å²) in [5.74, 6) is -0.708. The Morgan fingerprint density at radius 1 is 1.31 bits per heavy atom. The highest BCUT2D eigenvalue weighted by Crippen LogP contribution is 2.19. The molecule has 0 bridgehead atoms. The summed E-state index contributed by atoms with van der Waals surface area (Å²) < 4.78 is 13.4. The molecule has 0 radical (unpaired) electrons. The second kappa shape index (κ2) is 4.51. The summed E-state index contributed by atoms with van der Waals surface area (Å²) in [6, 6.07) is 4.43. The first kappa shape index (κ1) is 12.5. The van der Waals surface area contributed by atoms with Crippen molar-refractivity contribution in [2.75, 3.05) is 12.4 Å². The molecular formula is C12H17FN2O. The van der Waals surface area contributed by atoms with E-state index >= 15 is 0 Å². The molecule has 0 aromatic heterocycles. The van der Waals surface area contributed by atoms with Gasteiger partial charge in [-0.2, -0.15) is 0 Å². The zero-order valence-electron chi connectivity index (χ0n) is 10.0. The Bertz CT molecular complexity index is 396. The van der Waals surface area contributed by atoms with Gasteiger partial charge in [0.1, 0.15) is 5.82 Å². The van der Waals surface area contributed by atoms with Gasteiger partial charge in [0.15, 0.2) is 0 Å². The summed E-state index contributed by atoms with van der Waals surface area (Å²) in [5, 5.41) is 5.49. The molecule has 0 fully saturated rings. The van der Waals surface area contributed by atoms with Crippen molar-refractivity contribution in [2.24, 2.45) is 0 Å². The third-order valence-corrected chi connectivity index (χ3v) is 2.00. The minimum absolute atomic E-state index is 0.226. The van der Waals surface area contributed by atoms with E-state index < -0.39 is 5.82 Å². The molecule has 1 aromatic rings. The summed E-state index contributed by atoms with van der Waals surface area (Å²) in [4.78, 5) is 11.9. The van der Waals surface area contributed by atoms with Crippen molar-refractivity contribution < 1.29 is 9.18 Å². The Morgan fingerprint density at radius 3 is 2.44 bits per heavy atom. The van der Waals surface area contributed by atoms with Gasteiger partial charge in [-0.3, -0.25) is 4.79 Å². The van der Waals surface area contributed by atoms with Crippen LogP contribution in [-0.2, 0) is 0 Å². The smallest absolute Gasteiger partial charge is 0.253 e. The Balaban J connectivity index is 3.04. The van der Waals surface area contributed by atoms with E-state index in [1.807, 2.05) is 20.8 Å². The van der Waals surface area contributed by atoms with Crippen molar-refractivity contribution in [3.63, 3.8) is 0 Å². The fourth-order valence-electron chi connectivity index (χ4n) is 1.38. The number of rotatable bonds is 2. The van der Waals surface area contributed by atoms with E-state index in [-0.39, 0.29) is 17.1 Å². The number of hydrogen-bond acceptors (Lipinski definition) is 2. The number of carbonyl (C=O) groups excluding carboxylic acids is 1. The van der Waals surface area contributed by atoms with Gasteiger partial charge in [-0.05, 0) is 32.9 Å². The average Bonchev–Trinajstić information content (AvgIpc) is 2.14. The molecule has 16 heavy (non-hydrogen) atoms. The summed E-state index contributed by atoms with van der Waals surface area (Å²) in [6.07, 6.45) is 0. The van der Waals surface area contributed by atoms with E-state index in [2.05, 4.69) is 10.6 Å². The summed E-state index contributed by atoms with van der Waals surface area (Å²) in [6.45, 7) is 5.63. The second-order valence-electron chi connectivity index (χ2n) is 4.62. The number of para-hydroxylation sites is 1. The molecule has 0 atom stereocenters. The SMILES string of the molecule is CNc1c(F)cccc1C(=O)NC(C)(C)C. The molecule has 0 unspecified atom stereocenters. The highest BCUT2D eigenvalue weighted by molar-refractivity contribution is 6.00. The lowest BCUT2D eigenvalue weighted by atomic mass is 10.1. The molecule has 0 saturated carbocycles. The van der Waals surface area contributed by atoms with Crippen LogP contribution in [0.4, 0.5) is 10.1 Å². The highest BCUT2D eigenvalue weighted by Gasteiger charge is 2.19. The van der Waals surface area contributed by atoms with Crippen LogP contribution >= 0.6 is 0 Å². The van der Waals surface area contributed by atoms with E-state index in [0.717, 1.165) is 0 Å². The lowest BCUT2D eigenvalue weighted by Gasteiger charge is -2.21. The van der Waals surface area contributed by atoms with Crippen molar-refractivity contribution in [1.82, 2.24) is 5.32 Å². The topological polar surface area (TPSA) is 41.1 Å². The third kappa shape index (κ3) is 2.95. The molecule has 0 heterocycles. The fraction of sp³-hybridized carbons (Fsp3) is 0.417. The number of nitrogens with one attached hydrogen (secondary N) is 2. The van der Waals surface area contributed by atoms with Crippen molar-refractivity contribution in [3.8, 4) is 0 Å². The molecule has 0 aliphatic rings. The minimum Gasteiger partial charge on any atom is -0.385 e. The van der Waals surface area contributed by atoms with Crippen LogP contribution in [0, 0.1) is 5.82 Å². The van der Waals surface area contributed by atoms with Crippen LogP contribution in [0.1, 0.15) is 31.1 Å². The monoisotopic (exact) mass is 224 g/mol. The van der Waals surface area contributed by atoms with Crippen LogP contribution < -0.4 is 10.6 Å². The molecule has 1 aromatic carbocycles. The lowest BCUT2D eigenvalue weighted by Crippen LogP contribution is -2.40. The van der Waals surface area contributed by atoms with Gasteiger partial charge in [0, 0.05) is 12.6 Å². The largest absolute Gasteiger partial charge is 0.385 e. The lowest BCUT2D eigenvalue weighted by molar-refractivity contribution is 0.0920. The predicted molar refractivity (Wildman–Crippen MR) is 63.2 cm³/mol. The molecule has 4 heteroatoms. The molecule has 0 spiro atoms. The van der Waals surface area contributed by atoms with E-state index in [1.54, 1.807) is 13.1 Å². The van der Waals surface area contributed by atoms with Gasteiger partial charge < -0.3 is 10.6 Å². The van der Waals surface area contributed by atoms with Crippen LogP contribution in [0.2, 0.25) is 0 Å². The Labute approximate surface area is 95.0 Å². The van der Waals surface area contributed by atoms with Gasteiger partial charge in [-0.15, -0.1) is 0 Å². The first-order chi connectivity index (χ1) is 7.35. The number of carbonyl (C=O) groups is 1. The molecular weight excluding hydrogens is 207 g/mol. The third-order valence-electron chi connectivity index (χ3n) is 2.00. The van der Waals surface area contributed by atoms with Gasteiger partial charge in [-0.1, -0.05) is 6.07 Å². The van der Waals surface area contributed by atoms with Crippen LogP contribution in [-0.4, -0.2) is 18.5 Å². The van der Waals surface area contributed by atoms with Crippen LogP contribution in [0.25, 0.3) is 0 Å². The quantitative estimate of drug-likeness (QED) is 0.810. The van der Waals surface area contributed by atoms with Gasteiger partial charge >= 0.3 is 0 Å². The summed E-state index contributed by atoms with van der Waals surface area (Å²) in [7, 11) is 1.59. The number of benzene rings is 1. The van der Waals surface area contributed by atoms with Crippen molar-refractivity contribution >= 4 is 11.6 Å². The maximum atomic E-state index is 13.4. The molecule has 0 saturated heterocycles. The molecule has 0 aliphatic carbocycles. The second-order valence-corrected chi connectivity index (χ2v) is 4.62. The number of anilines is 1. The minimum atomic E-state index is -0.427. The predicted octanol–water partition coefficient (Wildman–Crippen LogP) is 2.40. The maximum absolute atomic E-state index is 13.4. The van der Waals surface area contributed by atoms with Crippen molar-refractivity contribution in [1.29, 1.82) is 0 Å². The molecule has 1 rings (SSSR count). The maximum Gasteiger partial charge on any atom is 0.253 e. The van der Waals surface area contributed by atoms with Crippen LogP contribution in [0.5, 0.6) is 0 Å². The summed E-state index contributed by atoms with van der Waals surface area (Å²) >= 11 is 0. The van der Waals surface area contributed by atoms with Crippen LogP contribution in [0.15, 0.2) is 18.2 Å². The molecule has 88 valence electrons. The van der Waals surface area contributed by atoms with Crippen molar-refractivity contribution in [3.05, 3.63) is 29.6 Å². The Morgan fingerprint density at radius 2 is 1.94 bits per heavy atom. The van der Waals surface area contributed by atoms with Gasteiger partial charge in [0.05, 0.1) is 11.3 Å². The van der Waals surface area contributed by atoms with Crippen molar-refractivity contribution in [2.45, 2.75) is 26.3 Å². The number of hydrogen-bond donors (Lipinski definition) is 2. The first-order valence-electron chi connectivity index (χ1n) is 5.14. The molecule has 2 N–H and O–H groups in total. The molecule has 0 aliphatic heterocycles. The number of amides is 1. The van der Waals surface area contributed by atoms with Gasteiger partial charge in [-0.25, -0.2) is 4.39 Å². The fourth-order valence-corrected chi connectivity index (χ4v) is 1.38. The zero-order valence-corrected chi connectivity index (χ0v) is 10.0. The van der Waals surface area contributed by atoms with E-state index in [9.17, 15) is 9.18 Å². The normalized spacial score (nSPS) is 11.1. The summed E-state index contributed by atoms with van der Waals surface area (Å²) in [5.41, 5.74) is 0.204. The first-order valence-corrected chi connectivity index (χ1v) is 5.14.